The third-order valence-electron chi connectivity index (χ3n) is 9.87. The summed E-state index contributed by atoms with van der Waals surface area (Å²) in [5.74, 6) is -1.98. The molecule has 1 spiro atoms. The van der Waals surface area contributed by atoms with E-state index in [4.69, 9.17) is 28.4 Å². The maximum absolute atomic E-state index is 14.1. The van der Waals surface area contributed by atoms with Crippen molar-refractivity contribution in [3.63, 3.8) is 0 Å². The number of nitrogens with zero attached hydrogens (tertiary/aromatic N) is 1. The smallest absolute Gasteiger partial charge is 0.339 e. The number of methoxy groups -OCH3 is 1. The predicted octanol–water partition coefficient (Wildman–Crippen LogP) is 3.26. The van der Waals surface area contributed by atoms with E-state index in [-0.39, 0.29) is 43.8 Å². The fourth-order valence-electron chi connectivity index (χ4n) is 7.90. The Hall–Kier alpha value is -2.70. The molecule has 3 fully saturated rings. The van der Waals surface area contributed by atoms with E-state index in [0.717, 1.165) is 30.5 Å². The Morgan fingerprint density at radius 3 is 2.60 bits per heavy atom. The van der Waals surface area contributed by atoms with Crippen molar-refractivity contribution in [2.75, 3.05) is 33.6 Å². The summed E-state index contributed by atoms with van der Waals surface area (Å²) in [5, 5.41) is 22.1. The first kappa shape index (κ1) is 30.3. The number of ether oxygens (including phenoxy) is 6. The molecular formula is C32H43NO10. The first-order chi connectivity index (χ1) is 20.4. The van der Waals surface area contributed by atoms with Gasteiger partial charge in [0.15, 0.2) is 23.2 Å². The van der Waals surface area contributed by atoms with Crippen LogP contribution >= 0.6 is 0 Å². The van der Waals surface area contributed by atoms with Gasteiger partial charge in [-0.2, -0.15) is 0 Å². The molecule has 11 heteroatoms. The Morgan fingerprint density at radius 2 is 1.91 bits per heavy atom. The van der Waals surface area contributed by atoms with Crippen molar-refractivity contribution < 1.29 is 48.2 Å². The Labute approximate surface area is 252 Å². The molecule has 1 aliphatic carbocycles. The Bertz CT molecular complexity index is 1290. The van der Waals surface area contributed by atoms with E-state index in [1.807, 2.05) is 12.1 Å². The van der Waals surface area contributed by atoms with Gasteiger partial charge in [-0.3, -0.25) is 9.69 Å². The van der Waals surface area contributed by atoms with Gasteiger partial charge in [-0.15, -0.1) is 0 Å². The number of benzene rings is 1. The molecule has 5 heterocycles. The number of carbonyl (C=O) groups excluding carboxylic acids is 2. The van der Waals surface area contributed by atoms with Crippen LogP contribution in [0.15, 0.2) is 24.3 Å². The maximum Gasteiger partial charge on any atom is 0.339 e. The predicted molar refractivity (Wildman–Crippen MR) is 152 cm³/mol. The first-order valence-corrected chi connectivity index (χ1v) is 15.3. The zero-order valence-corrected chi connectivity index (χ0v) is 25.4. The van der Waals surface area contributed by atoms with E-state index in [1.54, 1.807) is 40.0 Å². The van der Waals surface area contributed by atoms with Gasteiger partial charge in [-0.25, -0.2) is 4.79 Å². The van der Waals surface area contributed by atoms with Crippen LogP contribution in [0.3, 0.4) is 0 Å². The minimum atomic E-state index is -2.18. The third kappa shape index (κ3) is 5.22. The number of fused-ring (bicyclic) bond motifs is 1. The van der Waals surface area contributed by atoms with Crippen LogP contribution in [-0.2, 0) is 28.5 Å². The van der Waals surface area contributed by atoms with Crippen molar-refractivity contribution in [2.24, 2.45) is 0 Å². The fourth-order valence-corrected chi connectivity index (χ4v) is 7.90. The van der Waals surface area contributed by atoms with Gasteiger partial charge in [0.1, 0.15) is 6.61 Å². The van der Waals surface area contributed by atoms with E-state index in [0.29, 0.717) is 30.9 Å². The van der Waals surface area contributed by atoms with E-state index in [9.17, 15) is 19.8 Å². The van der Waals surface area contributed by atoms with Gasteiger partial charge in [0.2, 0.25) is 12.6 Å². The zero-order valence-electron chi connectivity index (χ0n) is 25.4. The van der Waals surface area contributed by atoms with Gasteiger partial charge in [0, 0.05) is 31.5 Å². The second kappa shape index (κ2) is 11.0. The lowest BCUT2D eigenvalue weighted by atomic mass is 9.78. The quantitative estimate of drug-likeness (QED) is 0.286. The maximum atomic E-state index is 14.1. The molecule has 2 saturated heterocycles. The molecule has 5 aliphatic heterocycles. The van der Waals surface area contributed by atoms with Crippen LogP contribution in [0.5, 0.6) is 11.5 Å². The average molecular weight is 602 g/mol. The van der Waals surface area contributed by atoms with Crippen LogP contribution in [0.25, 0.3) is 0 Å². The number of esters is 2. The minimum absolute atomic E-state index is 0.0299. The van der Waals surface area contributed by atoms with Gasteiger partial charge >= 0.3 is 11.9 Å². The SMILES string of the molecule is C/C=C/COC(=O)C[C@](O)(CCCC(C)(C)O)C(=O)OC1[C@H]2c3cc4c(cc3[C@@H]3CN5CCC[C@@]25C[C@@]1(OC)O3)OCO4. The van der Waals surface area contributed by atoms with Crippen molar-refractivity contribution in [3.05, 3.63) is 35.4 Å². The number of aliphatic hydroxyl groups is 2. The van der Waals surface area contributed by atoms with Gasteiger partial charge in [0.25, 0.3) is 0 Å². The van der Waals surface area contributed by atoms with E-state index in [2.05, 4.69) is 4.90 Å². The Morgan fingerprint density at radius 1 is 1.16 bits per heavy atom. The van der Waals surface area contributed by atoms with Crippen LogP contribution in [0.4, 0.5) is 0 Å². The summed E-state index contributed by atoms with van der Waals surface area (Å²) in [6, 6.07) is 3.95. The van der Waals surface area contributed by atoms with E-state index < -0.39 is 41.5 Å². The summed E-state index contributed by atoms with van der Waals surface area (Å²) in [5.41, 5.74) is -1.66. The molecule has 11 nitrogen and oxygen atoms in total. The monoisotopic (exact) mass is 601 g/mol. The number of rotatable bonds is 11. The molecule has 1 aromatic carbocycles. The van der Waals surface area contributed by atoms with Crippen molar-refractivity contribution in [3.8, 4) is 11.5 Å². The van der Waals surface area contributed by atoms with Gasteiger partial charge < -0.3 is 38.6 Å². The lowest BCUT2D eigenvalue weighted by molar-refractivity contribution is -0.284. The summed E-state index contributed by atoms with van der Waals surface area (Å²) in [4.78, 5) is 29.3. The fraction of sp³-hybridized carbons (Fsp3) is 0.688. The summed E-state index contributed by atoms with van der Waals surface area (Å²) in [6.07, 6.45) is 4.41. The molecule has 1 saturated carbocycles. The molecular weight excluding hydrogens is 558 g/mol. The highest BCUT2D eigenvalue weighted by atomic mass is 16.7. The molecule has 236 valence electrons. The molecule has 4 bridgehead atoms. The molecule has 6 aliphatic rings. The summed E-state index contributed by atoms with van der Waals surface area (Å²) in [7, 11) is 1.56. The summed E-state index contributed by atoms with van der Waals surface area (Å²) in [6.45, 7) is 6.84. The normalized spacial score (nSPS) is 31.9. The molecule has 7 rings (SSSR count). The van der Waals surface area contributed by atoms with Crippen LogP contribution in [-0.4, -0.2) is 89.3 Å². The van der Waals surface area contributed by atoms with Crippen LogP contribution in [0.2, 0.25) is 0 Å². The summed E-state index contributed by atoms with van der Waals surface area (Å²) >= 11 is 0. The highest BCUT2D eigenvalue weighted by molar-refractivity contribution is 5.86. The Balaban J connectivity index is 1.36. The van der Waals surface area contributed by atoms with Gasteiger partial charge in [-0.1, -0.05) is 12.2 Å². The molecule has 1 unspecified atom stereocenters. The van der Waals surface area contributed by atoms with Crippen LogP contribution in [0.1, 0.15) is 88.9 Å². The third-order valence-corrected chi connectivity index (χ3v) is 9.87. The van der Waals surface area contributed by atoms with Crippen molar-refractivity contribution >= 4 is 11.9 Å². The average Bonchev–Trinajstić information content (AvgIpc) is 3.57. The van der Waals surface area contributed by atoms with E-state index in [1.165, 1.54) is 0 Å². The molecule has 0 radical (unpaired) electrons. The number of hydrogen-bond acceptors (Lipinski definition) is 11. The highest BCUT2D eigenvalue weighted by Crippen LogP contribution is 2.65. The molecule has 2 N–H and O–H groups in total. The van der Waals surface area contributed by atoms with E-state index >= 15 is 0 Å². The second-order valence-corrected chi connectivity index (χ2v) is 13.2. The lowest BCUT2D eigenvalue weighted by Crippen LogP contribution is -2.52. The lowest BCUT2D eigenvalue weighted by Gasteiger charge is -2.40. The van der Waals surface area contributed by atoms with Crippen LogP contribution < -0.4 is 9.47 Å². The van der Waals surface area contributed by atoms with Gasteiger partial charge in [-0.05, 0) is 82.7 Å². The number of allylic oxidation sites excluding steroid dienone is 1. The molecule has 6 atom stereocenters. The first-order valence-electron chi connectivity index (χ1n) is 15.3. The molecule has 0 aromatic heterocycles. The highest BCUT2D eigenvalue weighted by Gasteiger charge is 2.72. The largest absolute Gasteiger partial charge is 0.461 e. The number of hydrogen-bond donors (Lipinski definition) is 2. The standard InChI is InChI=1S/C32H43NO10/c1-5-6-13-39-25(34)16-31(37,11-7-9-29(2,3)36)28(35)42-27-26-21-15-23-22(40-19-41-23)14-20(21)24-17-33-12-8-10-30(26,33)18-32(27,38-4)43-24/h5-6,14-15,24,26-27,36-37H,7-13,16-19H2,1-4H3/b6-5+/t24-,26+,27?,30+,31+,32+/m0/s1. The topological polar surface area (TPSA) is 133 Å². The van der Waals surface area contributed by atoms with Crippen molar-refractivity contribution in [2.45, 2.75) is 106 Å². The molecule has 1 aromatic rings. The van der Waals surface area contributed by atoms with Gasteiger partial charge in [0.05, 0.1) is 18.1 Å². The minimum Gasteiger partial charge on any atom is -0.461 e. The summed E-state index contributed by atoms with van der Waals surface area (Å²) < 4.78 is 36.0. The molecule has 0 amide bonds. The van der Waals surface area contributed by atoms with Crippen LogP contribution in [0, 0.1) is 0 Å². The Kier molecular flexibility index (Phi) is 7.78. The van der Waals surface area contributed by atoms with Crippen molar-refractivity contribution in [1.82, 2.24) is 4.90 Å². The van der Waals surface area contributed by atoms with Crippen molar-refractivity contribution in [1.29, 1.82) is 0 Å². The molecule has 43 heavy (non-hydrogen) atoms. The number of carbonyl (C=O) groups is 2. The zero-order chi connectivity index (χ0) is 30.6. The second-order valence-electron chi connectivity index (χ2n) is 13.2.